The number of hydrogen-bond donors (Lipinski definition) is 3. The molecule has 29 heavy (non-hydrogen) atoms. The van der Waals surface area contributed by atoms with Crippen molar-refractivity contribution in [2.24, 2.45) is 0 Å². The standard InChI is InChI=1S/C19H20FN5O3S/c1-29(21,27)16-5-2-13(3-6-16)17-7-4-14(10-18(17)20)25-12-15(28-19(25)26)11-24-9-8-22-23-24/h2-10,15,21-23H,11-12H2,1H3/t15-,29?/m0/s1. The maximum atomic E-state index is 14.8. The van der Waals surface area contributed by atoms with E-state index in [0.717, 1.165) is 0 Å². The molecule has 1 amide bonds. The van der Waals surface area contributed by atoms with Crippen molar-refractivity contribution in [2.75, 3.05) is 24.2 Å². The Balaban J connectivity index is 1.51. The zero-order valence-corrected chi connectivity index (χ0v) is 16.4. The molecule has 1 saturated heterocycles. The molecule has 0 spiro atoms. The summed E-state index contributed by atoms with van der Waals surface area (Å²) in [7, 11) is -2.82. The number of nitrogens with zero attached hydrogens (tertiary/aromatic N) is 2. The van der Waals surface area contributed by atoms with Crippen molar-refractivity contribution in [3.63, 3.8) is 0 Å². The third-order valence-electron chi connectivity index (χ3n) is 4.70. The van der Waals surface area contributed by atoms with Gasteiger partial charge in [-0.3, -0.25) is 9.91 Å². The van der Waals surface area contributed by atoms with Gasteiger partial charge in [0.2, 0.25) is 0 Å². The van der Waals surface area contributed by atoms with Crippen LogP contribution in [0.3, 0.4) is 0 Å². The molecule has 152 valence electrons. The Morgan fingerprint density at radius 1 is 1.28 bits per heavy atom. The Labute approximate surface area is 167 Å². The monoisotopic (exact) mass is 417 g/mol. The molecular formula is C19H20FN5O3S. The van der Waals surface area contributed by atoms with Crippen LogP contribution in [0.2, 0.25) is 0 Å². The van der Waals surface area contributed by atoms with Crippen molar-refractivity contribution in [1.82, 2.24) is 16.0 Å². The summed E-state index contributed by atoms with van der Waals surface area (Å²) in [6.07, 6.45) is 3.97. The lowest BCUT2D eigenvalue weighted by Gasteiger charge is -2.18. The maximum Gasteiger partial charge on any atom is 0.414 e. The average molecular weight is 417 g/mol. The quantitative estimate of drug-likeness (QED) is 0.692. The van der Waals surface area contributed by atoms with E-state index in [0.29, 0.717) is 34.8 Å². The number of hydrogen-bond acceptors (Lipinski definition) is 7. The Bertz CT molecular complexity index is 1070. The number of rotatable bonds is 5. The van der Waals surface area contributed by atoms with Crippen molar-refractivity contribution in [1.29, 1.82) is 4.78 Å². The molecule has 2 aliphatic heterocycles. The molecule has 0 bridgehead atoms. The van der Waals surface area contributed by atoms with Crippen LogP contribution in [0.1, 0.15) is 0 Å². The van der Waals surface area contributed by atoms with Gasteiger partial charge >= 0.3 is 6.09 Å². The van der Waals surface area contributed by atoms with E-state index >= 15 is 0 Å². The van der Waals surface area contributed by atoms with Crippen LogP contribution in [0.15, 0.2) is 59.8 Å². The van der Waals surface area contributed by atoms with Crippen LogP contribution >= 0.6 is 0 Å². The minimum absolute atomic E-state index is 0.312. The first-order valence-corrected chi connectivity index (χ1v) is 10.8. The van der Waals surface area contributed by atoms with Gasteiger partial charge in [-0.15, -0.1) is 5.53 Å². The fraction of sp³-hybridized carbons (Fsp3) is 0.211. The zero-order chi connectivity index (χ0) is 20.6. The minimum Gasteiger partial charge on any atom is -0.442 e. The molecule has 0 saturated carbocycles. The van der Waals surface area contributed by atoms with Gasteiger partial charge in [0.1, 0.15) is 11.9 Å². The fourth-order valence-corrected chi connectivity index (χ4v) is 3.89. The van der Waals surface area contributed by atoms with Gasteiger partial charge in [0.05, 0.1) is 28.5 Å². The second kappa shape index (κ2) is 7.37. The summed E-state index contributed by atoms with van der Waals surface area (Å²) < 4.78 is 39.5. The Hall–Kier alpha value is -3.11. The Morgan fingerprint density at radius 3 is 2.66 bits per heavy atom. The van der Waals surface area contributed by atoms with Crippen molar-refractivity contribution in [3.05, 3.63) is 60.7 Å². The zero-order valence-electron chi connectivity index (χ0n) is 15.6. The molecule has 2 aromatic rings. The summed E-state index contributed by atoms with van der Waals surface area (Å²) in [5.41, 5.74) is 7.05. The number of amides is 1. The SMILES string of the molecule is CS(=N)(=O)c1ccc(-c2ccc(N3C[C@H](CN4C=CNN4)OC3=O)cc2F)cc1. The van der Waals surface area contributed by atoms with E-state index in [1.807, 2.05) is 0 Å². The normalized spacial score (nSPS) is 20.5. The lowest BCUT2D eigenvalue weighted by Crippen LogP contribution is -2.41. The number of halogens is 1. The second-order valence-electron chi connectivity index (χ2n) is 6.87. The number of ether oxygens (including phenoxy) is 1. The van der Waals surface area contributed by atoms with E-state index in [4.69, 9.17) is 9.52 Å². The molecule has 1 unspecified atom stereocenters. The number of cyclic esters (lactones) is 1. The van der Waals surface area contributed by atoms with Crippen LogP contribution in [0.4, 0.5) is 14.9 Å². The van der Waals surface area contributed by atoms with Crippen LogP contribution < -0.4 is 15.9 Å². The molecule has 2 aliphatic rings. The first-order valence-electron chi connectivity index (χ1n) is 8.88. The highest BCUT2D eigenvalue weighted by Gasteiger charge is 2.33. The number of carbonyl (C=O) groups excluding carboxylic acids is 1. The molecule has 3 N–H and O–H groups in total. The molecule has 0 aliphatic carbocycles. The van der Waals surface area contributed by atoms with E-state index in [9.17, 15) is 13.4 Å². The predicted molar refractivity (Wildman–Crippen MR) is 107 cm³/mol. The number of anilines is 1. The van der Waals surface area contributed by atoms with E-state index in [2.05, 4.69) is 11.0 Å². The summed E-state index contributed by atoms with van der Waals surface area (Å²) in [4.78, 5) is 14.0. The maximum absolute atomic E-state index is 14.8. The summed E-state index contributed by atoms with van der Waals surface area (Å²) in [5, 5.41) is 1.75. The molecule has 10 heteroatoms. The van der Waals surface area contributed by atoms with Gasteiger partial charge in [-0.05, 0) is 35.9 Å². The van der Waals surface area contributed by atoms with Gasteiger partial charge in [-0.1, -0.05) is 12.1 Å². The van der Waals surface area contributed by atoms with Gasteiger partial charge in [0, 0.05) is 29.1 Å². The van der Waals surface area contributed by atoms with Crippen LogP contribution in [-0.2, 0) is 14.5 Å². The second-order valence-corrected chi connectivity index (χ2v) is 9.03. The number of hydrazine groups is 2. The molecule has 8 nitrogen and oxygen atoms in total. The summed E-state index contributed by atoms with van der Waals surface area (Å²) in [6.45, 7) is 0.766. The van der Waals surface area contributed by atoms with Crippen LogP contribution in [0, 0.1) is 10.6 Å². The molecule has 2 heterocycles. The fourth-order valence-electron chi connectivity index (χ4n) is 3.24. The summed E-state index contributed by atoms with van der Waals surface area (Å²) in [6, 6.07) is 11.0. The first kappa shape index (κ1) is 19.2. The van der Waals surface area contributed by atoms with Gasteiger partial charge in [0.15, 0.2) is 0 Å². The number of nitrogens with one attached hydrogen (secondary N) is 3. The van der Waals surface area contributed by atoms with Crippen LogP contribution in [0.5, 0.6) is 0 Å². The van der Waals surface area contributed by atoms with Gasteiger partial charge in [-0.25, -0.2) is 18.2 Å². The third kappa shape index (κ3) is 4.03. The lowest BCUT2D eigenvalue weighted by atomic mass is 10.0. The lowest BCUT2D eigenvalue weighted by molar-refractivity contribution is 0.109. The first-order chi connectivity index (χ1) is 13.8. The molecule has 2 aromatic carbocycles. The Morgan fingerprint density at radius 2 is 2.03 bits per heavy atom. The van der Waals surface area contributed by atoms with Crippen molar-refractivity contribution < 1.29 is 18.1 Å². The molecule has 2 atom stereocenters. The van der Waals surface area contributed by atoms with Gasteiger partial charge in [-0.2, -0.15) is 0 Å². The number of carbonyl (C=O) groups is 1. The third-order valence-corrected chi connectivity index (χ3v) is 5.87. The van der Waals surface area contributed by atoms with Gasteiger partial charge < -0.3 is 10.2 Å². The predicted octanol–water partition coefficient (Wildman–Crippen LogP) is 2.65. The molecule has 0 aromatic heterocycles. The summed E-state index contributed by atoms with van der Waals surface area (Å²) in [5.74, 6) is -0.483. The summed E-state index contributed by atoms with van der Waals surface area (Å²) >= 11 is 0. The van der Waals surface area contributed by atoms with E-state index in [1.54, 1.807) is 53.8 Å². The molecule has 4 rings (SSSR count). The van der Waals surface area contributed by atoms with Crippen molar-refractivity contribution in [3.8, 4) is 11.1 Å². The van der Waals surface area contributed by atoms with Crippen molar-refractivity contribution in [2.45, 2.75) is 11.0 Å². The van der Waals surface area contributed by atoms with E-state index in [1.165, 1.54) is 17.2 Å². The minimum atomic E-state index is -2.82. The highest BCUT2D eigenvalue weighted by Crippen LogP contribution is 2.30. The molecular weight excluding hydrogens is 397 g/mol. The Kier molecular flexibility index (Phi) is 4.89. The molecule has 0 radical (unpaired) electrons. The number of benzene rings is 2. The average Bonchev–Trinajstić information content (AvgIpc) is 3.31. The smallest absolute Gasteiger partial charge is 0.414 e. The van der Waals surface area contributed by atoms with E-state index < -0.39 is 21.6 Å². The van der Waals surface area contributed by atoms with Crippen LogP contribution in [0.25, 0.3) is 11.1 Å². The van der Waals surface area contributed by atoms with E-state index in [-0.39, 0.29) is 6.10 Å². The molecule has 1 fully saturated rings. The highest BCUT2D eigenvalue weighted by atomic mass is 32.2. The van der Waals surface area contributed by atoms with Gasteiger partial charge in [0.25, 0.3) is 0 Å². The van der Waals surface area contributed by atoms with Crippen molar-refractivity contribution >= 4 is 21.5 Å². The largest absolute Gasteiger partial charge is 0.442 e. The van der Waals surface area contributed by atoms with Crippen LogP contribution in [-0.4, -0.2) is 40.8 Å². The highest BCUT2D eigenvalue weighted by molar-refractivity contribution is 7.91. The topological polar surface area (TPSA) is 97.8 Å².